The molecule has 0 N–H and O–H groups in total. The summed E-state index contributed by atoms with van der Waals surface area (Å²) in [5.41, 5.74) is 0. The normalized spacial score (nSPS) is 12.1. The van der Waals surface area contributed by atoms with Crippen molar-refractivity contribution in [3.63, 3.8) is 0 Å². The second-order valence-corrected chi connectivity index (χ2v) is 5.60. The molecule has 0 fully saturated rings. The molecule has 0 aliphatic heterocycles. The number of thiophene rings is 1. The van der Waals surface area contributed by atoms with Crippen LogP contribution < -0.4 is 4.74 Å². The molecule has 0 aliphatic carbocycles. The Hall–Kier alpha value is -1.08. The highest BCUT2D eigenvalue weighted by Gasteiger charge is 2.26. The monoisotopic (exact) mass is 324 g/mol. The summed E-state index contributed by atoms with van der Waals surface area (Å²) >= 11 is 7.26. The van der Waals surface area contributed by atoms with Crippen molar-refractivity contribution < 1.29 is 17.9 Å². The van der Waals surface area contributed by atoms with Crippen LogP contribution in [0.5, 0.6) is 5.88 Å². The van der Waals surface area contributed by atoms with E-state index in [9.17, 15) is 13.2 Å². The molecule has 3 nitrogen and oxygen atoms in total. The number of hydrogen-bond donors (Lipinski definition) is 0. The summed E-state index contributed by atoms with van der Waals surface area (Å²) in [6.45, 7) is 1.95. The molecule has 0 aliphatic rings. The van der Waals surface area contributed by atoms with E-state index >= 15 is 0 Å². The largest absolute Gasteiger partial charge is 0.477 e. The van der Waals surface area contributed by atoms with Gasteiger partial charge in [0.15, 0.2) is 0 Å². The average Bonchev–Trinajstić information content (AvgIpc) is 2.76. The highest BCUT2D eigenvalue weighted by Crippen LogP contribution is 2.32. The third kappa shape index (κ3) is 3.96. The van der Waals surface area contributed by atoms with E-state index in [1.54, 1.807) is 0 Å². The molecule has 110 valence electrons. The van der Waals surface area contributed by atoms with E-state index in [1.807, 2.05) is 13.0 Å². The molecule has 2 rings (SSSR count). The number of aromatic nitrogens is 2. The predicted octanol–water partition coefficient (Wildman–Crippen LogP) is 4.63. The minimum Gasteiger partial charge on any atom is -0.477 e. The van der Waals surface area contributed by atoms with Crippen LogP contribution in [0.25, 0.3) is 10.2 Å². The van der Waals surface area contributed by atoms with Gasteiger partial charge in [0, 0.05) is 11.3 Å². The van der Waals surface area contributed by atoms with Gasteiger partial charge in [0.2, 0.25) is 11.2 Å². The van der Waals surface area contributed by atoms with E-state index in [-0.39, 0.29) is 24.2 Å². The molecule has 0 spiro atoms. The van der Waals surface area contributed by atoms with Crippen LogP contribution in [0.1, 0.15) is 24.6 Å². The topological polar surface area (TPSA) is 35.0 Å². The van der Waals surface area contributed by atoms with Crippen LogP contribution in [-0.4, -0.2) is 22.8 Å². The van der Waals surface area contributed by atoms with Gasteiger partial charge < -0.3 is 4.74 Å². The zero-order chi connectivity index (χ0) is 14.8. The molecule has 0 bridgehead atoms. The Labute approximate surface area is 122 Å². The van der Waals surface area contributed by atoms with Crippen molar-refractivity contribution in [2.75, 3.05) is 6.61 Å². The third-order valence-electron chi connectivity index (χ3n) is 2.57. The highest BCUT2D eigenvalue weighted by atomic mass is 35.5. The molecular weight excluding hydrogens is 313 g/mol. The first-order valence-corrected chi connectivity index (χ1v) is 7.24. The number of ether oxygens (including phenoxy) is 1. The van der Waals surface area contributed by atoms with Gasteiger partial charge in [0.1, 0.15) is 4.83 Å². The Morgan fingerprint density at radius 1 is 1.35 bits per heavy atom. The number of alkyl halides is 3. The quantitative estimate of drug-likeness (QED) is 0.594. The van der Waals surface area contributed by atoms with Gasteiger partial charge in [0.25, 0.3) is 0 Å². The summed E-state index contributed by atoms with van der Waals surface area (Å²) in [5.74, 6) is 0.248. The Morgan fingerprint density at radius 2 is 2.10 bits per heavy atom. The molecular formula is C12H12ClF3N2OS. The molecule has 0 radical (unpaired) electrons. The Kier molecular flexibility index (Phi) is 4.70. The number of aryl methyl sites for hydroxylation is 1. The lowest BCUT2D eigenvalue weighted by Gasteiger charge is -2.08. The van der Waals surface area contributed by atoms with E-state index < -0.39 is 12.6 Å². The molecule has 20 heavy (non-hydrogen) atoms. The van der Waals surface area contributed by atoms with Gasteiger partial charge in [-0.1, -0.05) is 6.92 Å². The molecule has 0 saturated heterocycles. The van der Waals surface area contributed by atoms with Crippen LogP contribution >= 0.6 is 22.9 Å². The van der Waals surface area contributed by atoms with Gasteiger partial charge >= 0.3 is 6.18 Å². The SMILES string of the molecule is CCc1cc2c(OCCCC(F)(F)F)nc(Cl)nc2s1. The first-order valence-electron chi connectivity index (χ1n) is 6.04. The minimum absolute atomic E-state index is 0.0350. The lowest BCUT2D eigenvalue weighted by atomic mass is 10.3. The van der Waals surface area contributed by atoms with Crippen molar-refractivity contribution in [2.45, 2.75) is 32.4 Å². The van der Waals surface area contributed by atoms with Gasteiger partial charge in [0.05, 0.1) is 12.0 Å². The summed E-state index contributed by atoms with van der Waals surface area (Å²) in [6, 6.07) is 1.88. The van der Waals surface area contributed by atoms with Crippen molar-refractivity contribution >= 4 is 33.2 Å². The lowest BCUT2D eigenvalue weighted by molar-refractivity contribution is -0.136. The summed E-state index contributed by atoms with van der Waals surface area (Å²) < 4.78 is 41.5. The third-order valence-corrected chi connectivity index (χ3v) is 3.92. The van der Waals surface area contributed by atoms with Crippen molar-refractivity contribution in [1.82, 2.24) is 9.97 Å². The fraction of sp³-hybridized carbons (Fsp3) is 0.500. The van der Waals surface area contributed by atoms with E-state index in [0.717, 1.165) is 11.3 Å². The van der Waals surface area contributed by atoms with E-state index in [4.69, 9.17) is 16.3 Å². The van der Waals surface area contributed by atoms with Crippen LogP contribution in [0.3, 0.4) is 0 Å². The first-order chi connectivity index (χ1) is 9.39. The van der Waals surface area contributed by atoms with Gasteiger partial charge in [-0.05, 0) is 30.5 Å². The number of hydrogen-bond acceptors (Lipinski definition) is 4. The maximum absolute atomic E-state index is 12.0. The minimum atomic E-state index is -4.17. The number of halogens is 4. The number of rotatable bonds is 5. The molecule has 0 amide bonds. The molecule has 0 aromatic carbocycles. The predicted molar refractivity (Wildman–Crippen MR) is 72.6 cm³/mol. The fourth-order valence-corrected chi connectivity index (χ4v) is 2.82. The van der Waals surface area contributed by atoms with Gasteiger partial charge in [-0.25, -0.2) is 4.98 Å². The molecule has 0 unspecified atom stereocenters. The van der Waals surface area contributed by atoms with E-state index in [1.165, 1.54) is 11.3 Å². The summed E-state index contributed by atoms with van der Waals surface area (Å²) in [6.07, 6.45) is -4.32. The first kappa shape index (κ1) is 15.3. The summed E-state index contributed by atoms with van der Waals surface area (Å²) in [7, 11) is 0. The van der Waals surface area contributed by atoms with Gasteiger partial charge in [-0.2, -0.15) is 18.2 Å². The average molecular weight is 325 g/mol. The zero-order valence-corrected chi connectivity index (χ0v) is 12.2. The van der Waals surface area contributed by atoms with Crippen molar-refractivity contribution in [3.8, 4) is 5.88 Å². The smallest absolute Gasteiger partial charge is 0.389 e. The van der Waals surface area contributed by atoms with Crippen LogP contribution in [0.4, 0.5) is 13.2 Å². The van der Waals surface area contributed by atoms with E-state index in [2.05, 4.69) is 9.97 Å². The molecule has 2 aromatic rings. The molecule has 2 heterocycles. The van der Waals surface area contributed by atoms with Crippen LogP contribution in [0.2, 0.25) is 5.28 Å². The zero-order valence-electron chi connectivity index (χ0n) is 10.6. The van der Waals surface area contributed by atoms with Crippen LogP contribution in [-0.2, 0) is 6.42 Å². The van der Waals surface area contributed by atoms with Crippen LogP contribution in [0, 0.1) is 0 Å². The standard InChI is InChI=1S/C12H12ClF3N2OS/c1-2-7-6-8-9(17-11(13)18-10(8)20-7)19-5-3-4-12(14,15)16/h6H,2-5H2,1H3. The van der Waals surface area contributed by atoms with Crippen molar-refractivity contribution in [1.29, 1.82) is 0 Å². The lowest BCUT2D eigenvalue weighted by Crippen LogP contribution is -2.10. The van der Waals surface area contributed by atoms with Crippen molar-refractivity contribution in [2.24, 2.45) is 0 Å². The second kappa shape index (κ2) is 6.13. The molecule has 2 aromatic heterocycles. The van der Waals surface area contributed by atoms with Crippen LogP contribution in [0.15, 0.2) is 6.07 Å². The molecule has 0 atom stereocenters. The van der Waals surface area contributed by atoms with E-state index in [0.29, 0.717) is 10.2 Å². The van der Waals surface area contributed by atoms with Crippen molar-refractivity contribution in [3.05, 3.63) is 16.2 Å². The molecule has 8 heteroatoms. The Morgan fingerprint density at radius 3 is 2.75 bits per heavy atom. The maximum Gasteiger partial charge on any atom is 0.389 e. The van der Waals surface area contributed by atoms with Gasteiger partial charge in [-0.3, -0.25) is 0 Å². The second-order valence-electron chi connectivity index (χ2n) is 4.15. The maximum atomic E-state index is 12.0. The Balaban J connectivity index is 2.10. The Bertz CT molecular complexity index is 600. The number of nitrogens with zero attached hydrogens (tertiary/aromatic N) is 2. The highest BCUT2D eigenvalue weighted by molar-refractivity contribution is 7.18. The summed E-state index contributed by atoms with van der Waals surface area (Å²) in [4.78, 5) is 9.81. The molecule has 0 saturated carbocycles. The number of fused-ring (bicyclic) bond motifs is 1. The fourth-order valence-electron chi connectivity index (χ4n) is 1.65. The van der Waals surface area contributed by atoms with Gasteiger partial charge in [-0.15, -0.1) is 11.3 Å². The summed E-state index contributed by atoms with van der Waals surface area (Å²) in [5, 5.41) is 0.732.